The largest absolute Gasteiger partial charge is 0.378 e. The Hall–Kier alpha value is -0.220. The zero-order valence-corrected chi connectivity index (χ0v) is 8.86. The van der Waals surface area contributed by atoms with Gasteiger partial charge in [-0.2, -0.15) is 0 Å². The Morgan fingerprint density at radius 1 is 1.75 bits per heavy atom. The Bertz CT molecular complexity index is 293. The molecule has 1 unspecified atom stereocenters. The van der Waals surface area contributed by atoms with Gasteiger partial charge in [-0.15, -0.1) is 0 Å². The topological polar surface area (TPSA) is 38.4 Å². The fraction of sp³-hybridized carbons (Fsp3) is 0.375. The molecular weight excluding hydrogens is 236 g/mol. The number of amidine groups is 1. The number of halogens is 1. The van der Waals surface area contributed by atoms with Gasteiger partial charge in [-0.3, -0.25) is 0 Å². The number of fused-ring (bicyclic) bond motifs is 1. The minimum Gasteiger partial charge on any atom is -0.378 e. The molecule has 1 aliphatic carbocycles. The highest BCUT2D eigenvalue weighted by Gasteiger charge is 2.26. The van der Waals surface area contributed by atoms with E-state index in [-0.39, 0.29) is 0 Å². The Balaban J connectivity index is 2.38. The van der Waals surface area contributed by atoms with Gasteiger partial charge in [-0.25, -0.2) is 4.99 Å². The SMILES string of the molecule is NC1=NC2=C(CBr)C=CCC2S1. The second kappa shape index (κ2) is 3.26. The Labute approximate surface area is 84.1 Å². The molecule has 0 bridgehead atoms. The Morgan fingerprint density at radius 3 is 3.33 bits per heavy atom. The molecule has 12 heavy (non-hydrogen) atoms. The summed E-state index contributed by atoms with van der Waals surface area (Å²) in [4.78, 5) is 4.32. The second-order valence-corrected chi connectivity index (χ2v) is 4.52. The number of alkyl halides is 1. The van der Waals surface area contributed by atoms with E-state index in [1.54, 1.807) is 11.8 Å². The van der Waals surface area contributed by atoms with Gasteiger partial charge in [-0.05, 0) is 12.0 Å². The lowest BCUT2D eigenvalue weighted by atomic mass is 10.0. The number of thioether (sulfide) groups is 1. The highest BCUT2D eigenvalue weighted by molar-refractivity contribution is 9.09. The standard InChI is InChI=1S/C8H9BrN2S/c9-4-5-2-1-3-6-7(5)11-8(10)12-6/h1-2,6H,3-4H2,(H2,10,11). The number of nitrogens with two attached hydrogens (primary N) is 1. The summed E-state index contributed by atoms with van der Waals surface area (Å²) in [6.45, 7) is 0. The van der Waals surface area contributed by atoms with E-state index in [0.29, 0.717) is 10.4 Å². The lowest BCUT2D eigenvalue weighted by molar-refractivity contribution is 0.959. The Morgan fingerprint density at radius 2 is 2.58 bits per heavy atom. The van der Waals surface area contributed by atoms with Crippen LogP contribution < -0.4 is 5.73 Å². The lowest BCUT2D eigenvalue weighted by Gasteiger charge is -2.13. The molecule has 0 aromatic rings. The maximum atomic E-state index is 5.65. The van der Waals surface area contributed by atoms with E-state index < -0.39 is 0 Å². The van der Waals surface area contributed by atoms with Crippen molar-refractivity contribution in [1.82, 2.24) is 0 Å². The van der Waals surface area contributed by atoms with Crippen molar-refractivity contribution < 1.29 is 0 Å². The number of hydrogen-bond acceptors (Lipinski definition) is 3. The van der Waals surface area contributed by atoms with Crippen molar-refractivity contribution in [3.8, 4) is 0 Å². The van der Waals surface area contributed by atoms with Crippen molar-refractivity contribution in [3.63, 3.8) is 0 Å². The predicted molar refractivity (Wildman–Crippen MR) is 57.6 cm³/mol. The molecule has 0 fully saturated rings. The zero-order chi connectivity index (χ0) is 8.55. The summed E-state index contributed by atoms with van der Waals surface area (Å²) in [5.74, 6) is 0. The van der Waals surface area contributed by atoms with Gasteiger partial charge in [0.1, 0.15) is 0 Å². The molecule has 1 aliphatic heterocycles. The van der Waals surface area contributed by atoms with Gasteiger partial charge in [0.2, 0.25) is 0 Å². The van der Waals surface area contributed by atoms with Gasteiger partial charge >= 0.3 is 0 Å². The molecule has 0 spiro atoms. The summed E-state index contributed by atoms with van der Waals surface area (Å²) in [5, 5.41) is 2.05. The zero-order valence-electron chi connectivity index (χ0n) is 6.46. The van der Waals surface area contributed by atoms with E-state index in [9.17, 15) is 0 Å². The van der Waals surface area contributed by atoms with Crippen molar-refractivity contribution in [1.29, 1.82) is 0 Å². The summed E-state index contributed by atoms with van der Waals surface area (Å²) in [5.41, 5.74) is 8.07. The highest BCUT2D eigenvalue weighted by atomic mass is 79.9. The molecule has 2 rings (SSSR count). The van der Waals surface area contributed by atoms with Crippen molar-refractivity contribution in [2.75, 3.05) is 5.33 Å². The van der Waals surface area contributed by atoms with Crippen LogP contribution in [0, 0.1) is 0 Å². The maximum absolute atomic E-state index is 5.65. The molecular formula is C8H9BrN2S. The summed E-state index contributed by atoms with van der Waals surface area (Å²) in [6.07, 6.45) is 5.37. The molecule has 0 radical (unpaired) electrons. The van der Waals surface area contributed by atoms with E-state index >= 15 is 0 Å². The molecule has 1 heterocycles. The van der Waals surface area contributed by atoms with Crippen LogP contribution in [0.2, 0.25) is 0 Å². The monoisotopic (exact) mass is 244 g/mol. The molecule has 2 nitrogen and oxygen atoms in total. The third kappa shape index (κ3) is 1.33. The van der Waals surface area contributed by atoms with E-state index in [2.05, 4.69) is 33.1 Å². The summed E-state index contributed by atoms with van der Waals surface area (Å²) >= 11 is 5.11. The number of rotatable bonds is 1. The van der Waals surface area contributed by atoms with Crippen LogP contribution in [0.1, 0.15) is 6.42 Å². The first-order valence-electron chi connectivity index (χ1n) is 3.77. The average molecular weight is 245 g/mol. The van der Waals surface area contributed by atoms with Crippen molar-refractivity contribution in [2.24, 2.45) is 10.7 Å². The highest BCUT2D eigenvalue weighted by Crippen LogP contribution is 2.36. The second-order valence-electron chi connectivity index (χ2n) is 2.74. The third-order valence-electron chi connectivity index (χ3n) is 1.94. The minimum absolute atomic E-state index is 0.475. The van der Waals surface area contributed by atoms with Crippen LogP contribution in [0.25, 0.3) is 0 Å². The fourth-order valence-electron chi connectivity index (χ4n) is 1.39. The molecule has 64 valence electrons. The molecule has 4 heteroatoms. The van der Waals surface area contributed by atoms with Crippen LogP contribution >= 0.6 is 27.7 Å². The molecule has 1 atom stereocenters. The van der Waals surface area contributed by atoms with E-state index in [4.69, 9.17) is 5.73 Å². The molecule has 2 aliphatic rings. The van der Waals surface area contributed by atoms with Crippen molar-refractivity contribution in [2.45, 2.75) is 11.7 Å². The van der Waals surface area contributed by atoms with Crippen LogP contribution in [-0.4, -0.2) is 15.7 Å². The smallest absolute Gasteiger partial charge is 0.159 e. The molecule has 0 aromatic carbocycles. The molecule has 2 N–H and O–H groups in total. The van der Waals surface area contributed by atoms with Crippen molar-refractivity contribution in [3.05, 3.63) is 23.4 Å². The molecule has 0 saturated carbocycles. The van der Waals surface area contributed by atoms with Crippen molar-refractivity contribution >= 4 is 32.9 Å². The fourth-order valence-corrected chi connectivity index (χ4v) is 2.83. The van der Waals surface area contributed by atoms with Crippen LogP contribution in [0.5, 0.6) is 0 Å². The van der Waals surface area contributed by atoms with Gasteiger partial charge in [0.05, 0.1) is 10.9 Å². The van der Waals surface area contributed by atoms with Crippen LogP contribution in [0.4, 0.5) is 0 Å². The first kappa shape index (κ1) is 8.38. The summed E-state index contributed by atoms with van der Waals surface area (Å²) in [6, 6.07) is 0. The maximum Gasteiger partial charge on any atom is 0.159 e. The summed E-state index contributed by atoms with van der Waals surface area (Å²) in [7, 11) is 0. The lowest BCUT2D eigenvalue weighted by Crippen LogP contribution is -2.08. The first-order chi connectivity index (χ1) is 5.81. The van der Waals surface area contributed by atoms with Crippen LogP contribution in [-0.2, 0) is 0 Å². The quantitative estimate of drug-likeness (QED) is 0.718. The van der Waals surface area contributed by atoms with E-state index in [1.807, 2.05) is 0 Å². The van der Waals surface area contributed by atoms with Crippen LogP contribution in [0.15, 0.2) is 28.4 Å². The first-order valence-corrected chi connectivity index (χ1v) is 5.77. The van der Waals surface area contributed by atoms with E-state index in [0.717, 1.165) is 17.4 Å². The van der Waals surface area contributed by atoms with Gasteiger partial charge in [0.25, 0.3) is 0 Å². The third-order valence-corrected chi connectivity index (χ3v) is 3.58. The number of allylic oxidation sites excluding steroid dienone is 3. The van der Waals surface area contributed by atoms with Gasteiger partial charge in [-0.1, -0.05) is 39.8 Å². The van der Waals surface area contributed by atoms with Gasteiger partial charge in [0, 0.05) is 5.33 Å². The Kier molecular flexibility index (Phi) is 2.28. The predicted octanol–water partition coefficient (Wildman–Crippen LogP) is 2.03. The normalized spacial score (nSPS) is 27.4. The number of aliphatic imine (C=N–C) groups is 1. The summed E-state index contributed by atoms with van der Waals surface area (Å²) < 4.78 is 0. The van der Waals surface area contributed by atoms with Gasteiger partial charge in [0.15, 0.2) is 5.17 Å². The minimum atomic E-state index is 0.475. The molecule has 0 saturated heterocycles. The number of nitrogens with zero attached hydrogens (tertiary/aromatic N) is 1. The molecule has 0 aromatic heterocycles. The molecule has 0 amide bonds. The van der Waals surface area contributed by atoms with Gasteiger partial charge < -0.3 is 5.73 Å². The van der Waals surface area contributed by atoms with Crippen LogP contribution in [0.3, 0.4) is 0 Å². The average Bonchev–Trinajstić information content (AvgIpc) is 2.44. The number of hydrogen-bond donors (Lipinski definition) is 1. The van der Waals surface area contributed by atoms with E-state index in [1.165, 1.54) is 5.57 Å².